The molecule has 0 saturated carbocycles. The third kappa shape index (κ3) is 7.01. The van der Waals surface area contributed by atoms with Crippen LogP contribution >= 0.6 is 12.4 Å². The zero-order chi connectivity index (χ0) is 16.5. The highest BCUT2D eigenvalue weighted by Gasteiger charge is 2.22. The van der Waals surface area contributed by atoms with Crippen LogP contribution < -0.4 is 10.6 Å². The van der Waals surface area contributed by atoms with Crippen LogP contribution in [0, 0.1) is 12.8 Å². The number of halogens is 1. The highest BCUT2D eigenvalue weighted by Crippen LogP contribution is 2.21. The highest BCUT2D eigenvalue weighted by atomic mass is 35.5. The molecule has 2 unspecified atom stereocenters. The average molecular weight is 343 g/mol. The van der Waals surface area contributed by atoms with E-state index in [0.717, 1.165) is 11.1 Å². The number of ether oxygens (including phenoxy) is 1. The highest BCUT2D eigenvalue weighted by molar-refractivity contribution is 5.85. The van der Waals surface area contributed by atoms with E-state index in [1.54, 1.807) is 14.0 Å². The number of nitrogens with one attached hydrogen (secondary N) is 2. The Hall–Kier alpha value is -1.59. The second-order valence-corrected chi connectivity index (χ2v) is 5.39. The van der Waals surface area contributed by atoms with Gasteiger partial charge >= 0.3 is 5.97 Å². The van der Waals surface area contributed by atoms with Gasteiger partial charge in [0.05, 0.1) is 19.1 Å². The summed E-state index contributed by atoms with van der Waals surface area (Å²) in [6, 6.07) is 7.38. The molecule has 1 aromatic carbocycles. The van der Waals surface area contributed by atoms with Crippen molar-refractivity contribution >= 4 is 24.3 Å². The van der Waals surface area contributed by atoms with Gasteiger partial charge in [0.25, 0.3) is 0 Å². The van der Waals surface area contributed by atoms with Gasteiger partial charge in [0.15, 0.2) is 0 Å². The number of rotatable bonds is 8. The lowest BCUT2D eigenvalue weighted by Gasteiger charge is -2.22. The molecule has 130 valence electrons. The van der Waals surface area contributed by atoms with Crippen molar-refractivity contribution in [2.24, 2.45) is 5.92 Å². The van der Waals surface area contributed by atoms with E-state index >= 15 is 0 Å². The van der Waals surface area contributed by atoms with E-state index in [2.05, 4.69) is 10.6 Å². The summed E-state index contributed by atoms with van der Waals surface area (Å²) in [6.07, 6.45) is 0.136. The van der Waals surface area contributed by atoms with Crippen LogP contribution in [0.5, 0.6) is 0 Å². The third-order valence-electron chi connectivity index (χ3n) is 3.51. The van der Waals surface area contributed by atoms with Crippen LogP contribution in [-0.2, 0) is 14.3 Å². The van der Waals surface area contributed by atoms with Gasteiger partial charge in [-0.3, -0.25) is 9.59 Å². The molecule has 2 atom stereocenters. The maximum Gasteiger partial charge on any atom is 0.308 e. The molecule has 0 fully saturated rings. The number of hydrogen-bond acceptors (Lipinski definition) is 4. The number of benzene rings is 1. The topological polar surface area (TPSA) is 67.4 Å². The average Bonchev–Trinajstić information content (AvgIpc) is 2.47. The molecular formula is C17H27ClN2O3. The molecule has 5 nitrogen and oxygen atoms in total. The smallest absolute Gasteiger partial charge is 0.308 e. The molecule has 1 amide bonds. The number of amides is 1. The first kappa shape index (κ1) is 21.4. The van der Waals surface area contributed by atoms with Crippen molar-refractivity contribution in [3.05, 3.63) is 35.4 Å². The second-order valence-electron chi connectivity index (χ2n) is 5.39. The Balaban J connectivity index is 0.00000484. The van der Waals surface area contributed by atoms with Gasteiger partial charge < -0.3 is 15.4 Å². The summed E-state index contributed by atoms with van der Waals surface area (Å²) in [6.45, 7) is 6.52. The van der Waals surface area contributed by atoms with E-state index in [4.69, 9.17) is 4.74 Å². The maximum atomic E-state index is 12.3. The van der Waals surface area contributed by atoms with Crippen molar-refractivity contribution in [2.45, 2.75) is 33.2 Å². The monoisotopic (exact) mass is 342 g/mol. The first-order chi connectivity index (χ1) is 10.5. The minimum absolute atomic E-state index is 0. The summed E-state index contributed by atoms with van der Waals surface area (Å²) in [5.41, 5.74) is 1.99. The zero-order valence-corrected chi connectivity index (χ0v) is 15.0. The molecule has 0 radical (unpaired) electrons. The lowest BCUT2D eigenvalue weighted by Crippen LogP contribution is -2.37. The molecule has 6 heteroatoms. The normalized spacial score (nSPS) is 12.7. The van der Waals surface area contributed by atoms with Gasteiger partial charge in [-0.05, 0) is 32.0 Å². The molecule has 0 heterocycles. The van der Waals surface area contributed by atoms with Gasteiger partial charge in [-0.15, -0.1) is 12.4 Å². The molecule has 23 heavy (non-hydrogen) atoms. The lowest BCUT2D eigenvalue weighted by atomic mass is 9.98. The first-order valence-electron chi connectivity index (χ1n) is 7.65. The Morgan fingerprint density at radius 2 is 1.91 bits per heavy atom. The Labute approximate surface area is 144 Å². The summed E-state index contributed by atoms with van der Waals surface area (Å²) >= 11 is 0. The van der Waals surface area contributed by atoms with Crippen molar-refractivity contribution in [2.75, 3.05) is 20.2 Å². The fourth-order valence-corrected chi connectivity index (χ4v) is 2.32. The quantitative estimate of drug-likeness (QED) is 0.712. The summed E-state index contributed by atoms with van der Waals surface area (Å²) in [4.78, 5) is 24.1. The molecule has 0 spiro atoms. The predicted octanol–water partition coefficient (Wildman–Crippen LogP) is 2.38. The molecule has 0 saturated heterocycles. The van der Waals surface area contributed by atoms with Crippen LogP contribution in [0.4, 0.5) is 0 Å². The summed E-state index contributed by atoms with van der Waals surface area (Å²) in [7, 11) is 1.81. The van der Waals surface area contributed by atoms with Gasteiger partial charge in [0.2, 0.25) is 5.91 Å². The Kier molecular flexibility index (Phi) is 10.3. The van der Waals surface area contributed by atoms with Crippen molar-refractivity contribution in [1.29, 1.82) is 0 Å². The van der Waals surface area contributed by atoms with Crippen LogP contribution in [0.25, 0.3) is 0 Å². The fourth-order valence-electron chi connectivity index (χ4n) is 2.32. The van der Waals surface area contributed by atoms with Crippen LogP contribution in [0.15, 0.2) is 24.3 Å². The Bertz CT molecular complexity index is 508. The molecule has 0 bridgehead atoms. The second kappa shape index (κ2) is 11.0. The predicted molar refractivity (Wildman–Crippen MR) is 93.7 cm³/mol. The minimum Gasteiger partial charge on any atom is -0.466 e. The maximum absolute atomic E-state index is 12.3. The SMILES string of the molecule is CCOC(=O)CC(NC(=O)C(C)CNC)c1ccccc1C.Cl. The summed E-state index contributed by atoms with van der Waals surface area (Å²) in [5, 5.41) is 5.95. The summed E-state index contributed by atoms with van der Waals surface area (Å²) < 4.78 is 5.02. The van der Waals surface area contributed by atoms with E-state index in [0.29, 0.717) is 13.2 Å². The summed E-state index contributed by atoms with van der Waals surface area (Å²) in [5.74, 6) is -0.553. The molecule has 2 N–H and O–H groups in total. The van der Waals surface area contributed by atoms with E-state index in [-0.39, 0.29) is 42.7 Å². The Morgan fingerprint density at radius 3 is 2.48 bits per heavy atom. The largest absolute Gasteiger partial charge is 0.466 e. The van der Waals surface area contributed by atoms with Crippen LogP contribution in [0.3, 0.4) is 0 Å². The van der Waals surface area contributed by atoms with Crippen molar-refractivity contribution < 1.29 is 14.3 Å². The van der Waals surface area contributed by atoms with Crippen molar-refractivity contribution in [1.82, 2.24) is 10.6 Å². The third-order valence-corrected chi connectivity index (χ3v) is 3.51. The van der Waals surface area contributed by atoms with E-state index < -0.39 is 0 Å². The number of aryl methyl sites for hydroxylation is 1. The standard InChI is InChI=1S/C17H26N2O3.ClH/c1-5-22-16(20)10-15(14-9-7-6-8-12(14)2)19-17(21)13(3)11-18-4;/h6-9,13,15,18H,5,10-11H2,1-4H3,(H,19,21);1H. The first-order valence-corrected chi connectivity index (χ1v) is 7.65. The lowest BCUT2D eigenvalue weighted by molar-refractivity contribution is -0.143. The van der Waals surface area contributed by atoms with Crippen LogP contribution in [-0.4, -0.2) is 32.1 Å². The molecule has 1 aromatic rings. The number of hydrogen-bond donors (Lipinski definition) is 2. The fraction of sp³-hybridized carbons (Fsp3) is 0.529. The van der Waals surface area contributed by atoms with Gasteiger partial charge in [-0.2, -0.15) is 0 Å². The van der Waals surface area contributed by atoms with Gasteiger partial charge in [0.1, 0.15) is 0 Å². The van der Waals surface area contributed by atoms with E-state index in [1.165, 1.54) is 0 Å². The molecule has 0 aliphatic heterocycles. The molecule has 1 rings (SSSR count). The van der Waals surface area contributed by atoms with Gasteiger partial charge in [-0.25, -0.2) is 0 Å². The minimum atomic E-state index is -0.368. The molecule has 0 aliphatic rings. The van der Waals surface area contributed by atoms with Crippen molar-refractivity contribution in [3.63, 3.8) is 0 Å². The van der Waals surface area contributed by atoms with Crippen molar-refractivity contribution in [3.8, 4) is 0 Å². The van der Waals surface area contributed by atoms with Gasteiger partial charge in [-0.1, -0.05) is 31.2 Å². The molecule has 0 aliphatic carbocycles. The zero-order valence-electron chi connectivity index (χ0n) is 14.2. The van der Waals surface area contributed by atoms with E-state index in [1.807, 2.05) is 38.1 Å². The number of esters is 1. The van der Waals surface area contributed by atoms with E-state index in [9.17, 15) is 9.59 Å². The van der Waals surface area contributed by atoms with Crippen LogP contribution in [0.2, 0.25) is 0 Å². The molecule has 0 aromatic heterocycles. The Morgan fingerprint density at radius 1 is 1.26 bits per heavy atom. The van der Waals surface area contributed by atoms with Gasteiger partial charge in [0, 0.05) is 12.5 Å². The molecular weight excluding hydrogens is 316 g/mol. The van der Waals surface area contributed by atoms with Crippen LogP contribution in [0.1, 0.15) is 37.4 Å². The number of carbonyl (C=O) groups excluding carboxylic acids is 2. The number of carbonyl (C=O) groups is 2.